The summed E-state index contributed by atoms with van der Waals surface area (Å²) in [6.07, 6.45) is 0.228. The molecule has 1 unspecified atom stereocenters. The fraction of sp³-hybridized carbons (Fsp3) is 0.300. The van der Waals surface area contributed by atoms with Gasteiger partial charge in [0.1, 0.15) is 11.5 Å². The third-order valence-electron chi connectivity index (χ3n) is 4.45. The number of anilines is 1. The van der Waals surface area contributed by atoms with E-state index in [1.807, 2.05) is 24.3 Å². The van der Waals surface area contributed by atoms with E-state index in [0.717, 1.165) is 17.1 Å². The SMILES string of the molecule is COc1ccc(NC(=O)C2CC(=O)N(Cc3cccc(OC)c3)C2)cc1. The van der Waals surface area contributed by atoms with Crippen LogP contribution >= 0.6 is 0 Å². The summed E-state index contributed by atoms with van der Waals surface area (Å²) in [6.45, 7) is 0.889. The summed E-state index contributed by atoms with van der Waals surface area (Å²) in [5, 5.41) is 2.87. The van der Waals surface area contributed by atoms with Gasteiger partial charge in [-0.3, -0.25) is 9.59 Å². The van der Waals surface area contributed by atoms with Crippen LogP contribution in [0.2, 0.25) is 0 Å². The number of nitrogens with zero attached hydrogens (tertiary/aromatic N) is 1. The van der Waals surface area contributed by atoms with E-state index in [-0.39, 0.29) is 24.2 Å². The Bertz CT molecular complexity index is 789. The number of nitrogens with one attached hydrogen (secondary N) is 1. The van der Waals surface area contributed by atoms with Crippen LogP contribution in [-0.4, -0.2) is 37.5 Å². The zero-order chi connectivity index (χ0) is 18.5. The van der Waals surface area contributed by atoms with Gasteiger partial charge >= 0.3 is 0 Å². The smallest absolute Gasteiger partial charge is 0.229 e. The summed E-state index contributed by atoms with van der Waals surface area (Å²) in [7, 11) is 3.20. The monoisotopic (exact) mass is 354 g/mol. The molecule has 2 aromatic carbocycles. The van der Waals surface area contributed by atoms with Crippen molar-refractivity contribution in [3.63, 3.8) is 0 Å². The fourth-order valence-corrected chi connectivity index (χ4v) is 3.01. The second-order valence-electron chi connectivity index (χ2n) is 6.24. The van der Waals surface area contributed by atoms with Gasteiger partial charge in [-0.05, 0) is 42.0 Å². The molecule has 26 heavy (non-hydrogen) atoms. The Hall–Kier alpha value is -3.02. The molecule has 0 aliphatic carbocycles. The quantitative estimate of drug-likeness (QED) is 0.866. The van der Waals surface area contributed by atoms with Crippen molar-refractivity contribution >= 4 is 17.5 Å². The van der Waals surface area contributed by atoms with Gasteiger partial charge in [-0.2, -0.15) is 0 Å². The number of methoxy groups -OCH3 is 2. The van der Waals surface area contributed by atoms with Crippen LogP contribution in [0.25, 0.3) is 0 Å². The van der Waals surface area contributed by atoms with E-state index in [0.29, 0.717) is 18.8 Å². The predicted molar refractivity (Wildman–Crippen MR) is 98.1 cm³/mol. The Morgan fingerprint density at radius 3 is 2.54 bits per heavy atom. The molecule has 1 atom stereocenters. The van der Waals surface area contributed by atoms with E-state index < -0.39 is 0 Å². The molecular formula is C20H22N2O4. The molecule has 1 N–H and O–H groups in total. The number of amides is 2. The molecule has 3 rings (SSSR count). The number of benzene rings is 2. The number of likely N-dealkylation sites (tertiary alicyclic amines) is 1. The molecule has 1 heterocycles. The highest BCUT2D eigenvalue weighted by atomic mass is 16.5. The van der Waals surface area contributed by atoms with E-state index in [1.54, 1.807) is 43.4 Å². The van der Waals surface area contributed by atoms with Crippen molar-refractivity contribution in [2.24, 2.45) is 5.92 Å². The number of ether oxygens (including phenoxy) is 2. The van der Waals surface area contributed by atoms with Crippen LogP contribution in [0.5, 0.6) is 11.5 Å². The van der Waals surface area contributed by atoms with E-state index in [1.165, 1.54) is 0 Å². The van der Waals surface area contributed by atoms with Gasteiger partial charge in [0.05, 0.1) is 20.1 Å². The van der Waals surface area contributed by atoms with Gasteiger partial charge in [0, 0.05) is 25.2 Å². The van der Waals surface area contributed by atoms with E-state index in [2.05, 4.69) is 5.32 Å². The summed E-state index contributed by atoms with van der Waals surface area (Å²) in [5.41, 5.74) is 1.67. The summed E-state index contributed by atoms with van der Waals surface area (Å²) in [4.78, 5) is 26.5. The Morgan fingerprint density at radius 1 is 1.12 bits per heavy atom. The van der Waals surface area contributed by atoms with Gasteiger partial charge in [-0.1, -0.05) is 12.1 Å². The van der Waals surface area contributed by atoms with Crippen molar-refractivity contribution in [3.05, 3.63) is 54.1 Å². The second-order valence-corrected chi connectivity index (χ2v) is 6.24. The lowest BCUT2D eigenvalue weighted by atomic mass is 10.1. The molecule has 1 fully saturated rings. The molecule has 1 saturated heterocycles. The van der Waals surface area contributed by atoms with Crippen LogP contribution in [0.15, 0.2) is 48.5 Å². The Balaban J connectivity index is 1.60. The van der Waals surface area contributed by atoms with Gasteiger partial charge < -0.3 is 19.7 Å². The van der Waals surface area contributed by atoms with Crippen LogP contribution in [0, 0.1) is 5.92 Å². The molecule has 0 spiro atoms. The van der Waals surface area contributed by atoms with Crippen LogP contribution in [-0.2, 0) is 16.1 Å². The predicted octanol–water partition coefficient (Wildman–Crippen LogP) is 2.69. The molecule has 1 aliphatic heterocycles. The minimum atomic E-state index is -0.352. The van der Waals surface area contributed by atoms with Crippen LogP contribution in [0.3, 0.4) is 0 Å². The molecule has 2 aromatic rings. The van der Waals surface area contributed by atoms with Gasteiger partial charge in [0.2, 0.25) is 11.8 Å². The molecule has 6 heteroatoms. The lowest BCUT2D eigenvalue weighted by molar-refractivity contribution is -0.128. The molecule has 0 bridgehead atoms. The maximum absolute atomic E-state index is 12.5. The number of hydrogen-bond acceptors (Lipinski definition) is 4. The van der Waals surface area contributed by atoms with Crippen molar-refractivity contribution in [2.45, 2.75) is 13.0 Å². The lowest BCUT2D eigenvalue weighted by Crippen LogP contribution is -2.28. The van der Waals surface area contributed by atoms with Crippen LogP contribution in [0.1, 0.15) is 12.0 Å². The number of rotatable bonds is 6. The highest BCUT2D eigenvalue weighted by Crippen LogP contribution is 2.24. The van der Waals surface area contributed by atoms with E-state index >= 15 is 0 Å². The maximum atomic E-state index is 12.5. The van der Waals surface area contributed by atoms with Crippen molar-refractivity contribution in [2.75, 3.05) is 26.1 Å². The standard InChI is InChI=1S/C20H22N2O4/c1-25-17-8-6-16(7-9-17)21-20(24)15-11-19(23)22(13-15)12-14-4-3-5-18(10-14)26-2/h3-10,15H,11-13H2,1-2H3,(H,21,24). The zero-order valence-electron chi connectivity index (χ0n) is 14.9. The van der Waals surface area contributed by atoms with Gasteiger partial charge in [0.15, 0.2) is 0 Å². The third-order valence-corrected chi connectivity index (χ3v) is 4.45. The normalized spacial score (nSPS) is 16.5. The van der Waals surface area contributed by atoms with Crippen LogP contribution in [0.4, 0.5) is 5.69 Å². The summed E-state index contributed by atoms with van der Waals surface area (Å²) >= 11 is 0. The first-order valence-corrected chi connectivity index (χ1v) is 8.44. The molecular weight excluding hydrogens is 332 g/mol. The van der Waals surface area contributed by atoms with E-state index in [4.69, 9.17) is 9.47 Å². The summed E-state index contributed by atoms with van der Waals surface area (Å²) in [5.74, 6) is 0.973. The topological polar surface area (TPSA) is 67.9 Å². The van der Waals surface area contributed by atoms with Gasteiger partial charge in [-0.15, -0.1) is 0 Å². The number of hydrogen-bond donors (Lipinski definition) is 1. The first-order chi connectivity index (χ1) is 12.6. The minimum Gasteiger partial charge on any atom is -0.497 e. The first-order valence-electron chi connectivity index (χ1n) is 8.44. The second kappa shape index (κ2) is 7.91. The first kappa shape index (κ1) is 17.8. The average molecular weight is 354 g/mol. The Labute approximate surface area is 152 Å². The maximum Gasteiger partial charge on any atom is 0.229 e. The average Bonchev–Trinajstić information content (AvgIpc) is 3.03. The number of carbonyl (C=O) groups excluding carboxylic acids is 2. The third kappa shape index (κ3) is 4.14. The van der Waals surface area contributed by atoms with E-state index in [9.17, 15) is 9.59 Å². The molecule has 0 radical (unpaired) electrons. The minimum absolute atomic E-state index is 0.0114. The molecule has 0 aromatic heterocycles. The Kier molecular flexibility index (Phi) is 5.41. The van der Waals surface area contributed by atoms with Gasteiger partial charge in [0.25, 0.3) is 0 Å². The molecule has 1 aliphatic rings. The molecule has 6 nitrogen and oxygen atoms in total. The van der Waals surface area contributed by atoms with Gasteiger partial charge in [-0.25, -0.2) is 0 Å². The number of carbonyl (C=O) groups is 2. The summed E-state index contributed by atoms with van der Waals surface area (Å²) < 4.78 is 10.3. The van der Waals surface area contributed by atoms with Crippen LogP contribution < -0.4 is 14.8 Å². The van der Waals surface area contributed by atoms with Crippen molar-refractivity contribution < 1.29 is 19.1 Å². The molecule has 0 saturated carbocycles. The highest BCUT2D eigenvalue weighted by molar-refractivity contribution is 5.97. The van der Waals surface area contributed by atoms with Crippen molar-refractivity contribution in [1.29, 1.82) is 0 Å². The Morgan fingerprint density at radius 2 is 1.85 bits per heavy atom. The van der Waals surface area contributed by atoms with Crippen molar-refractivity contribution in [1.82, 2.24) is 4.90 Å². The highest BCUT2D eigenvalue weighted by Gasteiger charge is 2.34. The molecule has 2 amide bonds. The zero-order valence-corrected chi connectivity index (χ0v) is 14.9. The van der Waals surface area contributed by atoms with Crippen molar-refractivity contribution in [3.8, 4) is 11.5 Å². The summed E-state index contributed by atoms with van der Waals surface area (Å²) in [6, 6.07) is 14.7. The molecule has 136 valence electrons. The fourth-order valence-electron chi connectivity index (χ4n) is 3.01. The lowest BCUT2D eigenvalue weighted by Gasteiger charge is -2.17. The largest absolute Gasteiger partial charge is 0.497 e.